The monoisotopic (exact) mass is 157 g/mol. The number of nitrogens with one attached hydrogen (secondary N) is 1. The smallest absolute Gasteiger partial charge is 0.0702 e. The van der Waals surface area contributed by atoms with E-state index in [1.807, 2.05) is 7.05 Å². The second kappa shape index (κ2) is 4.07. The molecule has 1 fully saturated rings. The summed E-state index contributed by atoms with van der Waals surface area (Å²) in [5.74, 6) is 0.876. The van der Waals surface area contributed by atoms with Crippen LogP contribution in [0, 0.1) is 5.92 Å². The van der Waals surface area contributed by atoms with Gasteiger partial charge in [-0.1, -0.05) is 0 Å². The summed E-state index contributed by atoms with van der Waals surface area (Å²) >= 11 is 0. The van der Waals surface area contributed by atoms with Crippen molar-refractivity contribution in [3.05, 3.63) is 0 Å². The first-order valence-corrected chi connectivity index (χ1v) is 4.58. The normalized spacial score (nSPS) is 23.2. The van der Waals surface area contributed by atoms with Gasteiger partial charge in [0.1, 0.15) is 0 Å². The maximum Gasteiger partial charge on any atom is 0.0702 e. The van der Waals surface area contributed by atoms with Crippen molar-refractivity contribution in [1.29, 1.82) is 0 Å². The van der Waals surface area contributed by atoms with Gasteiger partial charge in [0.05, 0.1) is 6.10 Å². The van der Waals surface area contributed by atoms with Crippen molar-refractivity contribution in [3.8, 4) is 0 Å². The van der Waals surface area contributed by atoms with Gasteiger partial charge in [-0.25, -0.2) is 0 Å². The van der Waals surface area contributed by atoms with E-state index in [2.05, 4.69) is 19.2 Å². The minimum Gasteiger partial charge on any atom is -0.377 e. The minimum atomic E-state index is 0.373. The summed E-state index contributed by atoms with van der Waals surface area (Å²) in [4.78, 5) is 0. The maximum absolute atomic E-state index is 5.53. The molecule has 0 heterocycles. The molecule has 2 atom stereocenters. The molecule has 2 nitrogen and oxygen atoms in total. The average Bonchev–Trinajstić information content (AvgIpc) is 2.73. The lowest BCUT2D eigenvalue weighted by molar-refractivity contribution is 0.0437. The van der Waals surface area contributed by atoms with Gasteiger partial charge in [-0.3, -0.25) is 0 Å². The van der Waals surface area contributed by atoms with E-state index in [-0.39, 0.29) is 0 Å². The standard InChI is InChI=1S/C9H19NO/c1-4-11-7(2)9(10-3)8-5-6-8/h7-10H,4-6H2,1-3H3. The van der Waals surface area contributed by atoms with Gasteiger partial charge in [0.2, 0.25) is 0 Å². The van der Waals surface area contributed by atoms with Gasteiger partial charge in [0.25, 0.3) is 0 Å². The van der Waals surface area contributed by atoms with Crippen LogP contribution in [-0.4, -0.2) is 25.8 Å². The van der Waals surface area contributed by atoms with Crippen molar-refractivity contribution >= 4 is 0 Å². The minimum absolute atomic E-state index is 0.373. The molecular formula is C9H19NO. The Kier molecular flexibility index (Phi) is 3.34. The zero-order chi connectivity index (χ0) is 8.27. The highest BCUT2D eigenvalue weighted by molar-refractivity contribution is 4.89. The molecule has 1 rings (SSSR count). The Hall–Kier alpha value is -0.0800. The van der Waals surface area contributed by atoms with E-state index in [1.165, 1.54) is 12.8 Å². The molecule has 0 aromatic carbocycles. The number of hydrogen-bond acceptors (Lipinski definition) is 2. The summed E-state index contributed by atoms with van der Waals surface area (Å²) in [5.41, 5.74) is 0. The summed E-state index contributed by atoms with van der Waals surface area (Å²) in [6.45, 7) is 5.03. The fraction of sp³-hybridized carbons (Fsp3) is 1.00. The fourth-order valence-corrected chi connectivity index (χ4v) is 1.68. The summed E-state index contributed by atoms with van der Waals surface area (Å²) in [6.07, 6.45) is 3.13. The molecule has 0 spiro atoms. The Labute approximate surface area is 69.3 Å². The van der Waals surface area contributed by atoms with Crippen molar-refractivity contribution in [3.63, 3.8) is 0 Å². The van der Waals surface area contributed by atoms with Crippen LogP contribution in [0.2, 0.25) is 0 Å². The van der Waals surface area contributed by atoms with Gasteiger partial charge in [-0.15, -0.1) is 0 Å². The zero-order valence-electron chi connectivity index (χ0n) is 7.76. The van der Waals surface area contributed by atoms with E-state index in [4.69, 9.17) is 4.74 Å². The molecule has 0 amide bonds. The number of hydrogen-bond donors (Lipinski definition) is 1. The predicted octanol–water partition coefficient (Wildman–Crippen LogP) is 1.41. The van der Waals surface area contributed by atoms with E-state index in [0.29, 0.717) is 12.1 Å². The van der Waals surface area contributed by atoms with Crippen LogP contribution in [0.3, 0.4) is 0 Å². The number of rotatable bonds is 5. The third-order valence-corrected chi connectivity index (χ3v) is 2.40. The Balaban J connectivity index is 2.27. The fourth-order valence-electron chi connectivity index (χ4n) is 1.68. The zero-order valence-corrected chi connectivity index (χ0v) is 7.76. The first kappa shape index (κ1) is 9.01. The number of likely N-dealkylation sites (N-methyl/N-ethyl adjacent to an activating group) is 1. The molecule has 0 bridgehead atoms. The van der Waals surface area contributed by atoms with Crippen molar-refractivity contribution in [1.82, 2.24) is 5.32 Å². The molecule has 11 heavy (non-hydrogen) atoms. The molecule has 66 valence electrons. The van der Waals surface area contributed by atoms with Crippen molar-refractivity contribution in [2.24, 2.45) is 5.92 Å². The Morgan fingerprint density at radius 2 is 2.18 bits per heavy atom. The summed E-state index contributed by atoms with van der Waals surface area (Å²) in [7, 11) is 2.03. The number of ether oxygens (including phenoxy) is 1. The summed E-state index contributed by atoms with van der Waals surface area (Å²) in [5, 5.41) is 3.32. The van der Waals surface area contributed by atoms with Gasteiger partial charge < -0.3 is 10.1 Å². The average molecular weight is 157 g/mol. The summed E-state index contributed by atoms with van der Waals surface area (Å²) in [6, 6.07) is 0.579. The molecule has 0 radical (unpaired) electrons. The van der Waals surface area contributed by atoms with E-state index < -0.39 is 0 Å². The quantitative estimate of drug-likeness (QED) is 0.651. The largest absolute Gasteiger partial charge is 0.377 e. The molecule has 0 aromatic heterocycles. The predicted molar refractivity (Wildman–Crippen MR) is 46.7 cm³/mol. The SMILES string of the molecule is CCOC(C)C(NC)C1CC1. The lowest BCUT2D eigenvalue weighted by Gasteiger charge is -2.22. The molecule has 2 heteroatoms. The Bertz CT molecular complexity index is 112. The maximum atomic E-state index is 5.53. The first-order chi connectivity index (χ1) is 5.29. The van der Waals surface area contributed by atoms with Gasteiger partial charge in [-0.2, -0.15) is 0 Å². The van der Waals surface area contributed by atoms with Gasteiger partial charge >= 0.3 is 0 Å². The van der Waals surface area contributed by atoms with Crippen LogP contribution in [0.4, 0.5) is 0 Å². The first-order valence-electron chi connectivity index (χ1n) is 4.58. The van der Waals surface area contributed by atoms with E-state index >= 15 is 0 Å². The second-order valence-corrected chi connectivity index (χ2v) is 3.31. The van der Waals surface area contributed by atoms with Crippen LogP contribution in [0.15, 0.2) is 0 Å². The van der Waals surface area contributed by atoms with Gasteiger partial charge in [0.15, 0.2) is 0 Å². The third kappa shape index (κ3) is 2.46. The summed E-state index contributed by atoms with van der Waals surface area (Å²) < 4.78 is 5.53. The highest BCUT2D eigenvalue weighted by atomic mass is 16.5. The van der Waals surface area contributed by atoms with Crippen LogP contribution >= 0.6 is 0 Å². The van der Waals surface area contributed by atoms with E-state index in [9.17, 15) is 0 Å². The van der Waals surface area contributed by atoms with Crippen LogP contribution in [-0.2, 0) is 4.74 Å². The van der Waals surface area contributed by atoms with Crippen LogP contribution in [0.5, 0.6) is 0 Å². The lowest BCUT2D eigenvalue weighted by atomic mass is 10.1. The van der Waals surface area contributed by atoms with Gasteiger partial charge in [0, 0.05) is 12.6 Å². The van der Waals surface area contributed by atoms with E-state index in [1.54, 1.807) is 0 Å². The highest BCUT2D eigenvalue weighted by Gasteiger charge is 2.33. The molecule has 1 saturated carbocycles. The second-order valence-electron chi connectivity index (χ2n) is 3.31. The highest BCUT2D eigenvalue weighted by Crippen LogP contribution is 2.34. The Morgan fingerprint density at radius 3 is 2.55 bits per heavy atom. The topological polar surface area (TPSA) is 21.3 Å². The van der Waals surface area contributed by atoms with Crippen LogP contribution in [0.1, 0.15) is 26.7 Å². The molecule has 0 aromatic rings. The molecule has 1 N–H and O–H groups in total. The van der Waals surface area contributed by atoms with Crippen molar-refractivity contribution < 1.29 is 4.74 Å². The van der Waals surface area contributed by atoms with Crippen molar-refractivity contribution in [2.45, 2.75) is 38.8 Å². The lowest BCUT2D eigenvalue weighted by Crippen LogP contribution is -2.39. The van der Waals surface area contributed by atoms with Crippen LogP contribution < -0.4 is 5.32 Å². The molecule has 1 aliphatic carbocycles. The molecule has 1 aliphatic rings. The molecule has 2 unspecified atom stereocenters. The van der Waals surface area contributed by atoms with Crippen LogP contribution in [0.25, 0.3) is 0 Å². The molecule has 0 saturated heterocycles. The third-order valence-electron chi connectivity index (χ3n) is 2.40. The molecule has 0 aliphatic heterocycles. The van der Waals surface area contributed by atoms with Crippen molar-refractivity contribution in [2.75, 3.05) is 13.7 Å². The molecular weight excluding hydrogens is 138 g/mol. The van der Waals surface area contributed by atoms with E-state index in [0.717, 1.165) is 12.5 Å². The van der Waals surface area contributed by atoms with Gasteiger partial charge in [-0.05, 0) is 39.7 Å². The Morgan fingerprint density at radius 1 is 1.55 bits per heavy atom.